The lowest BCUT2D eigenvalue weighted by Crippen LogP contribution is -2.45. The molecule has 1 saturated heterocycles. The average molecular weight is 311 g/mol. The summed E-state index contributed by atoms with van der Waals surface area (Å²) in [5.41, 5.74) is 0.494. The molecule has 2 atom stereocenters. The third kappa shape index (κ3) is 3.03. The number of H-pyrrole nitrogens is 1. The van der Waals surface area contributed by atoms with Gasteiger partial charge in [0.15, 0.2) is 5.75 Å². The Morgan fingerprint density at radius 3 is 3.14 bits per heavy atom. The SMILES string of the molecule is Cn1cc(Cl)cc1C(=O)N[C@H]1COC[C@H]1Oc1cn[nH]c1. The van der Waals surface area contributed by atoms with E-state index in [9.17, 15) is 4.79 Å². The van der Waals surface area contributed by atoms with E-state index in [1.165, 1.54) is 0 Å². The van der Waals surface area contributed by atoms with Gasteiger partial charge in [-0.3, -0.25) is 9.89 Å². The van der Waals surface area contributed by atoms with Crippen molar-refractivity contribution in [3.63, 3.8) is 0 Å². The second-order valence-corrected chi connectivity index (χ2v) is 5.30. The van der Waals surface area contributed by atoms with Crippen molar-refractivity contribution in [2.75, 3.05) is 13.2 Å². The Labute approximate surface area is 126 Å². The maximum Gasteiger partial charge on any atom is 0.268 e. The fourth-order valence-electron chi connectivity index (χ4n) is 2.26. The monoisotopic (exact) mass is 310 g/mol. The molecule has 0 radical (unpaired) electrons. The molecule has 1 aliphatic heterocycles. The maximum atomic E-state index is 12.3. The predicted octanol–water partition coefficient (Wildman–Crippen LogP) is 0.978. The molecular formula is C13H15ClN4O3. The molecule has 2 aromatic heterocycles. The molecule has 0 unspecified atom stereocenters. The highest BCUT2D eigenvalue weighted by molar-refractivity contribution is 6.31. The number of carbonyl (C=O) groups is 1. The highest BCUT2D eigenvalue weighted by atomic mass is 35.5. The van der Waals surface area contributed by atoms with Crippen molar-refractivity contribution >= 4 is 17.5 Å². The van der Waals surface area contributed by atoms with E-state index in [4.69, 9.17) is 21.1 Å². The minimum atomic E-state index is -0.248. The zero-order chi connectivity index (χ0) is 14.8. The van der Waals surface area contributed by atoms with Crippen LogP contribution in [0.4, 0.5) is 0 Å². The lowest BCUT2D eigenvalue weighted by molar-refractivity contribution is 0.0896. The van der Waals surface area contributed by atoms with Crippen LogP contribution in [0.2, 0.25) is 5.02 Å². The minimum absolute atomic E-state index is 0.208. The van der Waals surface area contributed by atoms with Crippen molar-refractivity contribution in [2.24, 2.45) is 7.05 Å². The second-order valence-electron chi connectivity index (χ2n) is 4.86. The molecular weight excluding hydrogens is 296 g/mol. The molecule has 2 aromatic rings. The van der Waals surface area contributed by atoms with E-state index in [2.05, 4.69) is 15.5 Å². The number of amides is 1. The minimum Gasteiger partial charge on any atom is -0.482 e. The van der Waals surface area contributed by atoms with Crippen LogP contribution in [0.15, 0.2) is 24.7 Å². The lowest BCUT2D eigenvalue weighted by Gasteiger charge is -2.19. The summed E-state index contributed by atoms with van der Waals surface area (Å²) in [5, 5.41) is 9.93. The van der Waals surface area contributed by atoms with Crippen molar-refractivity contribution in [1.82, 2.24) is 20.1 Å². The van der Waals surface area contributed by atoms with Gasteiger partial charge < -0.3 is 19.4 Å². The van der Waals surface area contributed by atoms with Crippen LogP contribution in [-0.4, -0.2) is 46.0 Å². The van der Waals surface area contributed by atoms with Gasteiger partial charge in [-0.2, -0.15) is 5.10 Å². The zero-order valence-electron chi connectivity index (χ0n) is 11.4. The maximum absolute atomic E-state index is 12.3. The first kappa shape index (κ1) is 14.0. The highest BCUT2D eigenvalue weighted by Gasteiger charge is 2.32. The molecule has 21 heavy (non-hydrogen) atoms. The number of ether oxygens (including phenoxy) is 2. The van der Waals surface area contributed by atoms with E-state index in [1.54, 1.807) is 36.3 Å². The summed E-state index contributed by atoms with van der Waals surface area (Å²) >= 11 is 5.89. The van der Waals surface area contributed by atoms with Gasteiger partial charge in [0.2, 0.25) is 0 Å². The molecule has 0 bridgehead atoms. The Balaban J connectivity index is 1.66. The number of carbonyl (C=O) groups excluding carboxylic acids is 1. The Morgan fingerprint density at radius 1 is 1.62 bits per heavy atom. The second kappa shape index (κ2) is 5.79. The molecule has 112 valence electrons. The van der Waals surface area contributed by atoms with E-state index in [0.29, 0.717) is 29.7 Å². The largest absolute Gasteiger partial charge is 0.482 e. The Kier molecular flexibility index (Phi) is 3.85. The van der Waals surface area contributed by atoms with E-state index in [1.807, 2.05) is 0 Å². The number of hydrogen-bond acceptors (Lipinski definition) is 4. The Bertz CT molecular complexity index is 625. The van der Waals surface area contributed by atoms with Crippen LogP contribution in [0, 0.1) is 0 Å². The van der Waals surface area contributed by atoms with Gasteiger partial charge in [-0.1, -0.05) is 11.6 Å². The first-order valence-corrected chi connectivity index (χ1v) is 6.87. The molecule has 0 aliphatic carbocycles. The van der Waals surface area contributed by atoms with Gasteiger partial charge in [0.25, 0.3) is 5.91 Å². The Hall–Kier alpha value is -1.99. The zero-order valence-corrected chi connectivity index (χ0v) is 12.1. The number of nitrogens with zero attached hydrogens (tertiary/aromatic N) is 2. The van der Waals surface area contributed by atoms with Gasteiger partial charge in [-0.15, -0.1) is 0 Å². The van der Waals surface area contributed by atoms with Crippen molar-refractivity contribution < 1.29 is 14.3 Å². The fourth-order valence-corrected chi connectivity index (χ4v) is 2.51. The first-order valence-electron chi connectivity index (χ1n) is 6.49. The average Bonchev–Trinajstić information content (AvgIpc) is 3.14. The van der Waals surface area contributed by atoms with Gasteiger partial charge in [-0.05, 0) is 6.07 Å². The van der Waals surface area contributed by atoms with Crippen LogP contribution in [0.5, 0.6) is 5.75 Å². The molecule has 0 saturated carbocycles. The Morgan fingerprint density at radius 2 is 2.48 bits per heavy atom. The van der Waals surface area contributed by atoms with Crippen LogP contribution in [0.3, 0.4) is 0 Å². The van der Waals surface area contributed by atoms with Crippen molar-refractivity contribution in [3.8, 4) is 5.75 Å². The predicted molar refractivity (Wildman–Crippen MR) is 75.5 cm³/mol. The van der Waals surface area contributed by atoms with Gasteiger partial charge in [-0.25, -0.2) is 0 Å². The summed E-state index contributed by atoms with van der Waals surface area (Å²) in [5.74, 6) is 0.410. The summed E-state index contributed by atoms with van der Waals surface area (Å²) in [6, 6.07) is 1.40. The van der Waals surface area contributed by atoms with Crippen LogP contribution in [-0.2, 0) is 11.8 Å². The number of aryl methyl sites for hydroxylation is 1. The highest BCUT2D eigenvalue weighted by Crippen LogP contribution is 2.17. The van der Waals surface area contributed by atoms with E-state index in [-0.39, 0.29) is 18.1 Å². The number of nitrogens with one attached hydrogen (secondary N) is 2. The molecule has 8 heteroatoms. The first-order chi connectivity index (χ1) is 10.1. The summed E-state index contributed by atoms with van der Waals surface area (Å²) in [6.45, 7) is 0.830. The standard InChI is InChI=1S/C13H15ClN4O3/c1-18-5-8(14)2-11(18)13(19)17-10-6-20-7-12(10)21-9-3-15-16-4-9/h2-5,10,12H,6-7H2,1H3,(H,15,16)(H,17,19)/t10-,12+/m0/s1. The van der Waals surface area contributed by atoms with Crippen LogP contribution in [0.25, 0.3) is 0 Å². The number of halogens is 1. The summed E-state index contributed by atoms with van der Waals surface area (Å²) in [4.78, 5) is 12.3. The van der Waals surface area contributed by atoms with E-state index in [0.717, 1.165) is 0 Å². The van der Waals surface area contributed by atoms with Crippen LogP contribution < -0.4 is 10.1 Å². The van der Waals surface area contributed by atoms with Gasteiger partial charge in [0.05, 0.1) is 36.7 Å². The van der Waals surface area contributed by atoms with Crippen LogP contribution >= 0.6 is 11.6 Å². The van der Waals surface area contributed by atoms with Gasteiger partial charge in [0, 0.05) is 13.2 Å². The molecule has 1 aliphatic rings. The number of rotatable bonds is 4. The van der Waals surface area contributed by atoms with Gasteiger partial charge >= 0.3 is 0 Å². The quantitative estimate of drug-likeness (QED) is 0.882. The number of hydrogen-bond donors (Lipinski definition) is 2. The fraction of sp³-hybridized carbons (Fsp3) is 0.385. The lowest BCUT2D eigenvalue weighted by atomic mass is 10.2. The molecule has 2 N–H and O–H groups in total. The van der Waals surface area contributed by atoms with Gasteiger partial charge in [0.1, 0.15) is 11.8 Å². The third-order valence-electron chi connectivity index (χ3n) is 3.31. The van der Waals surface area contributed by atoms with Crippen molar-refractivity contribution in [3.05, 3.63) is 35.4 Å². The number of aromatic nitrogens is 3. The van der Waals surface area contributed by atoms with Crippen molar-refractivity contribution in [1.29, 1.82) is 0 Å². The summed E-state index contributed by atoms with van der Waals surface area (Å²) in [7, 11) is 1.77. The van der Waals surface area contributed by atoms with Crippen LogP contribution in [0.1, 0.15) is 10.5 Å². The van der Waals surface area contributed by atoms with Crippen molar-refractivity contribution in [2.45, 2.75) is 12.1 Å². The van der Waals surface area contributed by atoms with E-state index >= 15 is 0 Å². The summed E-state index contributed by atoms with van der Waals surface area (Å²) < 4.78 is 12.8. The smallest absolute Gasteiger partial charge is 0.268 e. The van der Waals surface area contributed by atoms with E-state index < -0.39 is 0 Å². The third-order valence-corrected chi connectivity index (χ3v) is 3.52. The normalized spacial score (nSPS) is 21.4. The topological polar surface area (TPSA) is 81.2 Å². The molecule has 0 aromatic carbocycles. The molecule has 1 fully saturated rings. The molecule has 1 amide bonds. The summed E-state index contributed by atoms with van der Waals surface area (Å²) in [6.07, 6.45) is 4.66. The molecule has 0 spiro atoms. The number of aromatic amines is 1. The molecule has 7 nitrogen and oxygen atoms in total. The molecule has 3 heterocycles. The molecule has 3 rings (SSSR count).